The normalized spacial score (nSPS) is 19.4. The SMILES string of the molecule is CN1CCOC(CN(CCCC(=O)O)c2ccccc2)C1. The standard InChI is InChI=1S/C16H24N2O3/c1-17-10-11-21-15(12-17)13-18(9-5-8-16(19)20)14-6-3-2-4-7-14/h2-4,6-7,15H,5,8-13H2,1H3,(H,19,20). The molecular formula is C16H24N2O3. The monoisotopic (exact) mass is 292 g/mol. The summed E-state index contributed by atoms with van der Waals surface area (Å²) in [6.07, 6.45) is 1.02. The minimum Gasteiger partial charge on any atom is -0.481 e. The molecule has 0 aliphatic carbocycles. The van der Waals surface area contributed by atoms with E-state index in [0.29, 0.717) is 6.42 Å². The van der Waals surface area contributed by atoms with E-state index in [1.54, 1.807) is 0 Å². The first kappa shape index (κ1) is 15.8. The van der Waals surface area contributed by atoms with Gasteiger partial charge in [0.15, 0.2) is 0 Å². The third kappa shape index (κ3) is 5.36. The summed E-state index contributed by atoms with van der Waals surface area (Å²) in [6, 6.07) is 10.1. The van der Waals surface area contributed by atoms with Crippen LogP contribution in [0.5, 0.6) is 0 Å². The van der Waals surface area contributed by atoms with E-state index in [2.05, 4.69) is 29.0 Å². The van der Waals surface area contributed by atoms with Crippen molar-refractivity contribution in [3.8, 4) is 0 Å². The number of likely N-dealkylation sites (N-methyl/N-ethyl adjacent to an activating group) is 1. The predicted octanol–water partition coefficient (Wildman–Crippen LogP) is 1.69. The van der Waals surface area contributed by atoms with Crippen molar-refractivity contribution in [2.75, 3.05) is 44.7 Å². The van der Waals surface area contributed by atoms with Gasteiger partial charge in [-0.1, -0.05) is 18.2 Å². The van der Waals surface area contributed by atoms with Gasteiger partial charge in [-0.3, -0.25) is 4.79 Å². The van der Waals surface area contributed by atoms with Gasteiger partial charge in [-0.15, -0.1) is 0 Å². The molecule has 0 spiro atoms. The summed E-state index contributed by atoms with van der Waals surface area (Å²) in [5.74, 6) is -0.739. The second kappa shape index (κ2) is 8.00. The number of carboxylic acid groups (broad SMARTS) is 1. The first-order chi connectivity index (χ1) is 10.1. The van der Waals surface area contributed by atoms with E-state index in [1.165, 1.54) is 0 Å². The van der Waals surface area contributed by atoms with Gasteiger partial charge in [0.25, 0.3) is 0 Å². The van der Waals surface area contributed by atoms with Crippen LogP contribution < -0.4 is 4.90 Å². The molecule has 0 saturated carbocycles. The average molecular weight is 292 g/mol. The first-order valence-corrected chi connectivity index (χ1v) is 7.47. The number of nitrogens with zero attached hydrogens (tertiary/aromatic N) is 2. The van der Waals surface area contributed by atoms with Crippen molar-refractivity contribution < 1.29 is 14.6 Å². The molecule has 21 heavy (non-hydrogen) atoms. The third-order valence-corrected chi connectivity index (χ3v) is 3.71. The molecule has 1 heterocycles. The minimum atomic E-state index is -0.739. The van der Waals surface area contributed by atoms with Gasteiger partial charge in [0, 0.05) is 38.3 Å². The maximum Gasteiger partial charge on any atom is 0.303 e. The number of morpholine rings is 1. The lowest BCUT2D eigenvalue weighted by Gasteiger charge is -2.35. The number of hydrogen-bond acceptors (Lipinski definition) is 4. The Morgan fingerprint density at radius 1 is 1.43 bits per heavy atom. The Morgan fingerprint density at radius 2 is 2.19 bits per heavy atom. The molecule has 1 N–H and O–H groups in total. The Hall–Kier alpha value is -1.59. The Labute approximate surface area is 126 Å². The molecule has 0 amide bonds. The van der Waals surface area contributed by atoms with Crippen LogP contribution in [0, 0.1) is 0 Å². The summed E-state index contributed by atoms with van der Waals surface area (Å²) in [5.41, 5.74) is 1.12. The highest BCUT2D eigenvalue weighted by Crippen LogP contribution is 2.16. The Morgan fingerprint density at radius 3 is 2.86 bits per heavy atom. The van der Waals surface area contributed by atoms with Crippen molar-refractivity contribution in [3.05, 3.63) is 30.3 Å². The lowest BCUT2D eigenvalue weighted by Crippen LogP contribution is -2.46. The van der Waals surface area contributed by atoms with Crippen LogP contribution in [0.1, 0.15) is 12.8 Å². The van der Waals surface area contributed by atoms with Gasteiger partial charge in [0.1, 0.15) is 0 Å². The summed E-state index contributed by atoms with van der Waals surface area (Å²) in [4.78, 5) is 15.2. The summed E-state index contributed by atoms with van der Waals surface area (Å²) in [5, 5.41) is 8.80. The molecule has 116 valence electrons. The maximum atomic E-state index is 10.7. The zero-order valence-electron chi connectivity index (χ0n) is 12.6. The molecule has 5 heteroatoms. The molecule has 0 bridgehead atoms. The van der Waals surface area contributed by atoms with E-state index >= 15 is 0 Å². The third-order valence-electron chi connectivity index (χ3n) is 3.71. The van der Waals surface area contributed by atoms with Crippen LogP contribution in [0.2, 0.25) is 0 Å². The number of anilines is 1. The molecule has 1 aliphatic heterocycles. The molecule has 1 aliphatic rings. The van der Waals surface area contributed by atoms with Crippen LogP contribution in [0.15, 0.2) is 30.3 Å². The fourth-order valence-corrected chi connectivity index (χ4v) is 2.61. The second-order valence-electron chi connectivity index (χ2n) is 5.53. The van der Waals surface area contributed by atoms with Crippen molar-refractivity contribution in [1.82, 2.24) is 4.90 Å². The Kier molecular flexibility index (Phi) is 6.02. The second-order valence-corrected chi connectivity index (χ2v) is 5.53. The quantitative estimate of drug-likeness (QED) is 0.829. The summed E-state index contributed by atoms with van der Waals surface area (Å²) in [7, 11) is 2.10. The molecule has 1 fully saturated rings. The lowest BCUT2D eigenvalue weighted by atomic mass is 10.2. The fraction of sp³-hybridized carbons (Fsp3) is 0.562. The highest BCUT2D eigenvalue weighted by Gasteiger charge is 2.20. The zero-order chi connectivity index (χ0) is 15.1. The number of rotatable bonds is 7. The maximum absolute atomic E-state index is 10.7. The van der Waals surface area contributed by atoms with E-state index in [9.17, 15) is 4.79 Å². The summed E-state index contributed by atoms with van der Waals surface area (Å²) in [6.45, 7) is 4.19. The van der Waals surface area contributed by atoms with Gasteiger partial charge >= 0.3 is 5.97 Å². The minimum absolute atomic E-state index is 0.175. The lowest BCUT2D eigenvalue weighted by molar-refractivity contribution is -0.137. The number of carboxylic acids is 1. The van der Waals surface area contributed by atoms with Crippen LogP contribution >= 0.6 is 0 Å². The van der Waals surface area contributed by atoms with Gasteiger partial charge in [0.2, 0.25) is 0 Å². The number of para-hydroxylation sites is 1. The van der Waals surface area contributed by atoms with Crippen molar-refractivity contribution >= 4 is 11.7 Å². The number of ether oxygens (including phenoxy) is 1. The van der Waals surface area contributed by atoms with Crippen molar-refractivity contribution in [2.24, 2.45) is 0 Å². The molecule has 0 radical (unpaired) electrons. The molecule has 1 aromatic rings. The number of hydrogen-bond donors (Lipinski definition) is 1. The van der Waals surface area contributed by atoms with Crippen LogP contribution in [-0.2, 0) is 9.53 Å². The molecule has 1 unspecified atom stereocenters. The first-order valence-electron chi connectivity index (χ1n) is 7.47. The van der Waals surface area contributed by atoms with Gasteiger partial charge in [0.05, 0.1) is 12.7 Å². The van der Waals surface area contributed by atoms with E-state index in [4.69, 9.17) is 9.84 Å². The molecule has 0 aromatic heterocycles. The average Bonchev–Trinajstić information content (AvgIpc) is 2.47. The Balaban J connectivity index is 1.96. The van der Waals surface area contributed by atoms with Gasteiger partial charge in [-0.2, -0.15) is 0 Å². The van der Waals surface area contributed by atoms with Crippen LogP contribution in [0.25, 0.3) is 0 Å². The van der Waals surface area contributed by atoms with Crippen molar-refractivity contribution in [1.29, 1.82) is 0 Å². The van der Waals surface area contributed by atoms with Crippen molar-refractivity contribution in [3.63, 3.8) is 0 Å². The van der Waals surface area contributed by atoms with Crippen molar-refractivity contribution in [2.45, 2.75) is 18.9 Å². The van der Waals surface area contributed by atoms with Crippen LogP contribution in [-0.4, -0.2) is 61.9 Å². The van der Waals surface area contributed by atoms with Crippen LogP contribution in [0.3, 0.4) is 0 Å². The number of aliphatic carboxylic acids is 1. The van der Waals surface area contributed by atoms with E-state index < -0.39 is 5.97 Å². The highest BCUT2D eigenvalue weighted by molar-refractivity contribution is 5.66. The van der Waals surface area contributed by atoms with Gasteiger partial charge < -0.3 is 19.6 Å². The fourth-order valence-electron chi connectivity index (χ4n) is 2.61. The smallest absolute Gasteiger partial charge is 0.303 e. The summed E-state index contributed by atoms with van der Waals surface area (Å²) < 4.78 is 5.83. The van der Waals surface area contributed by atoms with E-state index in [-0.39, 0.29) is 12.5 Å². The van der Waals surface area contributed by atoms with E-state index in [0.717, 1.165) is 38.5 Å². The summed E-state index contributed by atoms with van der Waals surface area (Å²) >= 11 is 0. The predicted molar refractivity (Wildman–Crippen MR) is 82.8 cm³/mol. The highest BCUT2D eigenvalue weighted by atomic mass is 16.5. The van der Waals surface area contributed by atoms with E-state index in [1.807, 2.05) is 18.2 Å². The zero-order valence-corrected chi connectivity index (χ0v) is 12.6. The molecule has 1 atom stereocenters. The Bertz CT molecular complexity index is 438. The largest absolute Gasteiger partial charge is 0.481 e. The number of carbonyl (C=O) groups is 1. The molecule has 1 aromatic carbocycles. The molecule has 2 rings (SSSR count). The van der Waals surface area contributed by atoms with Crippen LogP contribution in [0.4, 0.5) is 5.69 Å². The molecule has 5 nitrogen and oxygen atoms in total. The van der Waals surface area contributed by atoms with Gasteiger partial charge in [-0.05, 0) is 25.6 Å². The molecule has 1 saturated heterocycles. The number of benzene rings is 1. The van der Waals surface area contributed by atoms with Gasteiger partial charge in [-0.25, -0.2) is 0 Å². The topological polar surface area (TPSA) is 53.0 Å². The molecular weight excluding hydrogens is 268 g/mol.